The molecule has 0 unspecified atom stereocenters. The highest BCUT2D eigenvalue weighted by atomic mass is 35.5. The maximum Gasteiger partial charge on any atom is 0.0560 e. The third-order valence-corrected chi connectivity index (χ3v) is 2.68. The van der Waals surface area contributed by atoms with E-state index in [1.54, 1.807) is 0 Å². The van der Waals surface area contributed by atoms with E-state index in [9.17, 15) is 0 Å². The molecule has 2 bridgehead atoms. The van der Waals surface area contributed by atoms with Gasteiger partial charge in [-0.25, -0.2) is 0 Å². The zero-order valence-corrected chi connectivity index (χ0v) is 9.98. The fourth-order valence-corrected chi connectivity index (χ4v) is 1.95. The molecule has 0 spiro atoms. The van der Waals surface area contributed by atoms with Crippen molar-refractivity contribution in [2.45, 2.75) is 13.1 Å². The molecule has 3 N–H and O–H groups in total. The molecule has 1 aliphatic heterocycles. The molecule has 0 fully saturated rings. The molecule has 0 amide bonds. The fraction of sp³-hybridized carbons (Fsp3) is 0.545. The van der Waals surface area contributed by atoms with Gasteiger partial charge in [0.15, 0.2) is 0 Å². The first kappa shape index (κ1) is 11.8. The standard InChI is InChI=1S/C11H17ClN4/c12-9-5-10-7-14-3-1-13-2-4-15-8-11(6-9)16-10/h5-6,13-15H,1-4,7-8H2. The molecule has 0 atom stereocenters. The minimum atomic E-state index is 0.763. The Morgan fingerprint density at radius 2 is 1.38 bits per heavy atom. The van der Waals surface area contributed by atoms with Crippen LogP contribution in [0.2, 0.25) is 5.02 Å². The fourth-order valence-electron chi connectivity index (χ4n) is 1.70. The predicted molar refractivity (Wildman–Crippen MR) is 65.5 cm³/mol. The summed E-state index contributed by atoms with van der Waals surface area (Å²) < 4.78 is 0. The Balaban J connectivity index is 2.08. The molecule has 0 aromatic carbocycles. The highest BCUT2D eigenvalue weighted by Crippen LogP contribution is 2.11. The van der Waals surface area contributed by atoms with Crippen LogP contribution in [0.5, 0.6) is 0 Å². The van der Waals surface area contributed by atoms with Crippen LogP contribution >= 0.6 is 11.6 Å². The second kappa shape index (κ2) is 6.15. The third-order valence-electron chi connectivity index (χ3n) is 2.47. The van der Waals surface area contributed by atoms with Crippen molar-refractivity contribution < 1.29 is 0 Å². The summed E-state index contributed by atoms with van der Waals surface area (Å²) >= 11 is 6.05. The first-order valence-corrected chi connectivity index (χ1v) is 6.00. The lowest BCUT2D eigenvalue weighted by molar-refractivity contribution is 0.565. The average molecular weight is 241 g/mol. The van der Waals surface area contributed by atoms with E-state index in [2.05, 4.69) is 20.9 Å². The molecule has 0 radical (unpaired) electrons. The highest BCUT2D eigenvalue weighted by Gasteiger charge is 2.02. The summed E-state index contributed by atoms with van der Waals surface area (Å²) in [6, 6.07) is 3.83. The number of hydrogen-bond acceptors (Lipinski definition) is 4. The van der Waals surface area contributed by atoms with Gasteiger partial charge in [0.25, 0.3) is 0 Å². The van der Waals surface area contributed by atoms with Gasteiger partial charge in [0, 0.05) is 44.3 Å². The second-order valence-electron chi connectivity index (χ2n) is 3.87. The molecule has 16 heavy (non-hydrogen) atoms. The number of halogens is 1. The Bertz CT molecular complexity index is 315. The minimum Gasteiger partial charge on any atom is -0.314 e. The molecule has 0 aliphatic carbocycles. The molecular formula is C11H17ClN4. The number of hydrogen-bond donors (Lipinski definition) is 3. The van der Waals surface area contributed by atoms with Gasteiger partial charge < -0.3 is 16.0 Å². The lowest BCUT2D eigenvalue weighted by Gasteiger charge is -2.11. The van der Waals surface area contributed by atoms with Crippen molar-refractivity contribution in [1.29, 1.82) is 0 Å². The SMILES string of the molecule is Clc1cc2nc(c1)CNCCNCCNC2. The van der Waals surface area contributed by atoms with Crippen molar-refractivity contribution >= 4 is 11.6 Å². The van der Waals surface area contributed by atoms with Crippen LogP contribution < -0.4 is 16.0 Å². The van der Waals surface area contributed by atoms with Crippen LogP contribution in [0.15, 0.2) is 12.1 Å². The van der Waals surface area contributed by atoms with Gasteiger partial charge in [-0.1, -0.05) is 11.6 Å². The molecule has 0 saturated carbocycles. The molecular weight excluding hydrogens is 224 g/mol. The summed E-state index contributed by atoms with van der Waals surface area (Å²) in [5.41, 5.74) is 2.01. The van der Waals surface area contributed by atoms with E-state index < -0.39 is 0 Å². The largest absolute Gasteiger partial charge is 0.314 e. The van der Waals surface area contributed by atoms with E-state index in [1.165, 1.54) is 0 Å². The molecule has 88 valence electrons. The van der Waals surface area contributed by atoms with Crippen LogP contribution in [0.1, 0.15) is 11.4 Å². The van der Waals surface area contributed by atoms with Crippen molar-refractivity contribution in [3.63, 3.8) is 0 Å². The van der Waals surface area contributed by atoms with Crippen molar-refractivity contribution in [2.24, 2.45) is 0 Å². The van der Waals surface area contributed by atoms with Crippen LogP contribution in [-0.2, 0) is 13.1 Å². The normalized spacial score (nSPS) is 18.6. The summed E-state index contributed by atoms with van der Waals surface area (Å²) in [6.07, 6.45) is 0. The Morgan fingerprint density at radius 3 is 1.94 bits per heavy atom. The van der Waals surface area contributed by atoms with E-state index in [-0.39, 0.29) is 0 Å². The van der Waals surface area contributed by atoms with Crippen LogP contribution in [0.25, 0.3) is 0 Å². The van der Waals surface area contributed by atoms with E-state index in [1.807, 2.05) is 12.1 Å². The first-order valence-electron chi connectivity index (χ1n) is 5.62. The lowest BCUT2D eigenvalue weighted by Crippen LogP contribution is -2.33. The number of fused-ring (bicyclic) bond motifs is 2. The number of rotatable bonds is 0. The topological polar surface area (TPSA) is 49.0 Å². The maximum absolute atomic E-state index is 6.05. The van der Waals surface area contributed by atoms with Crippen LogP contribution in [0.3, 0.4) is 0 Å². The van der Waals surface area contributed by atoms with Gasteiger partial charge in [0.1, 0.15) is 0 Å². The summed E-state index contributed by atoms with van der Waals surface area (Å²) in [6.45, 7) is 5.40. The minimum absolute atomic E-state index is 0.763. The van der Waals surface area contributed by atoms with Gasteiger partial charge in [-0.2, -0.15) is 0 Å². The molecule has 1 aromatic rings. The lowest BCUT2D eigenvalue weighted by atomic mass is 10.3. The summed E-state index contributed by atoms with van der Waals surface area (Å²) in [5, 5.41) is 10.8. The van der Waals surface area contributed by atoms with Gasteiger partial charge in [-0.15, -0.1) is 0 Å². The van der Waals surface area contributed by atoms with Crippen molar-refractivity contribution in [1.82, 2.24) is 20.9 Å². The molecule has 2 rings (SSSR count). The second-order valence-corrected chi connectivity index (χ2v) is 4.31. The predicted octanol–water partition coefficient (Wildman–Crippen LogP) is 0.517. The van der Waals surface area contributed by atoms with Gasteiger partial charge in [-0.3, -0.25) is 4.98 Å². The molecule has 1 aromatic heterocycles. The number of pyridine rings is 1. The Kier molecular flexibility index (Phi) is 4.54. The Hall–Kier alpha value is -0.680. The monoisotopic (exact) mass is 240 g/mol. The average Bonchev–Trinajstić information content (AvgIpc) is 2.24. The van der Waals surface area contributed by atoms with E-state index in [0.29, 0.717) is 0 Å². The molecule has 4 nitrogen and oxygen atoms in total. The number of nitrogens with one attached hydrogen (secondary N) is 3. The zero-order valence-electron chi connectivity index (χ0n) is 9.22. The summed E-state index contributed by atoms with van der Waals surface area (Å²) in [5.74, 6) is 0. The Labute approximate surface area is 101 Å². The van der Waals surface area contributed by atoms with Crippen LogP contribution in [-0.4, -0.2) is 31.2 Å². The van der Waals surface area contributed by atoms with Crippen molar-refractivity contribution in [2.75, 3.05) is 26.2 Å². The van der Waals surface area contributed by atoms with Crippen molar-refractivity contribution in [3.05, 3.63) is 28.5 Å². The number of nitrogens with zero attached hydrogens (tertiary/aromatic N) is 1. The van der Waals surface area contributed by atoms with Gasteiger partial charge in [-0.05, 0) is 12.1 Å². The summed E-state index contributed by atoms with van der Waals surface area (Å²) in [4.78, 5) is 4.54. The molecule has 2 heterocycles. The number of aromatic nitrogens is 1. The maximum atomic E-state index is 6.05. The molecule has 1 aliphatic rings. The van der Waals surface area contributed by atoms with E-state index in [4.69, 9.17) is 11.6 Å². The first-order chi connectivity index (χ1) is 7.84. The third kappa shape index (κ3) is 3.72. The van der Waals surface area contributed by atoms with Gasteiger partial charge in [0.05, 0.1) is 11.4 Å². The van der Waals surface area contributed by atoms with E-state index in [0.717, 1.165) is 55.7 Å². The zero-order chi connectivity index (χ0) is 11.2. The van der Waals surface area contributed by atoms with Gasteiger partial charge >= 0.3 is 0 Å². The molecule has 0 saturated heterocycles. The highest BCUT2D eigenvalue weighted by molar-refractivity contribution is 6.30. The Morgan fingerprint density at radius 1 is 0.875 bits per heavy atom. The molecule has 5 heteroatoms. The summed E-state index contributed by atoms with van der Waals surface area (Å²) in [7, 11) is 0. The van der Waals surface area contributed by atoms with Gasteiger partial charge in [0.2, 0.25) is 0 Å². The van der Waals surface area contributed by atoms with Crippen LogP contribution in [0, 0.1) is 0 Å². The van der Waals surface area contributed by atoms with E-state index >= 15 is 0 Å². The smallest absolute Gasteiger partial charge is 0.0560 e. The van der Waals surface area contributed by atoms with Crippen molar-refractivity contribution in [3.8, 4) is 0 Å². The quantitative estimate of drug-likeness (QED) is 0.619. The van der Waals surface area contributed by atoms with Crippen LogP contribution in [0.4, 0.5) is 0 Å².